The number of carbonyl (C=O) groups excluding carboxylic acids is 2. The lowest BCUT2D eigenvalue weighted by atomic mass is 10.1. The maximum absolute atomic E-state index is 11.8. The van der Waals surface area contributed by atoms with E-state index in [9.17, 15) is 9.59 Å². The number of nitrogens with zero attached hydrogens (tertiary/aromatic N) is 1. The average molecular weight is 344 g/mol. The molecule has 0 rings (SSSR count). The fourth-order valence-electron chi connectivity index (χ4n) is 1.89. The van der Waals surface area contributed by atoms with Gasteiger partial charge in [0.05, 0.1) is 0 Å². The second-order valence-corrected chi connectivity index (χ2v) is 8.05. The van der Waals surface area contributed by atoms with Crippen LogP contribution in [0.3, 0.4) is 0 Å². The standard InChI is InChI=1S/C18H36N2O4/c1-17(2,3)23-15(21)11-9-8-10-12-19-13-14-20(7)16(22)24-18(4,5)6/h19H,8-14H2,1-7H3. The van der Waals surface area contributed by atoms with Crippen LogP contribution in [0, 0.1) is 0 Å². The second-order valence-electron chi connectivity index (χ2n) is 8.05. The van der Waals surface area contributed by atoms with Gasteiger partial charge in [0.2, 0.25) is 0 Å². The van der Waals surface area contributed by atoms with Gasteiger partial charge in [0.15, 0.2) is 0 Å². The number of amides is 1. The molecule has 0 radical (unpaired) electrons. The zero-order valence-corrected chi connectivity index (χ0v) is 16.5. The second kappa shape index (κ2) is 10.5. The molecule has 0 bridgehead atoms. The maximum Gasteiger partial charge on any atom is 0.410 e. The van der Waals surface area contributed by atoms with Gasteiger partial charge in [0.1, 0.15) is 11.2 Å². The summed E-state index contributed by atoms with van der Waals surface area (Å²) in [6.07, 6.45) is 2.99. The zero-order valence-electron chi connectivity index (χ0n) is 16.5. The number of hydrogen-bond acceptors (Lipinski definition) is 5. The van der Waals surface area contributed by atoms with Gasteiger partial charge in [0, 0.05) is 26.6 Å². The summed E-state index contributed by atoms with van der Waals surface area (Å²) in [6.45, 7) is 13.4. The smallest absolute Gasteiger partial charge is 0.410 e. The Balaban J connectivity index is 3.58. The van der Waals surface area contributed by atoms with Crippen molar-refractivity contribution in [3.8, 4) is 0 Å². The summed E-state index contributed by atoms with van der Waals surface area (Å²) in [5.74, 6) is -0.130. The van der Waals surface area contributed by atoms with E-state index >= 15 is 0 Å². The Morgan fingerprint density at radius 3 is 2.00 bits per heavy atom. The zero-order chi connectivity index (χ0) is 18.8. The van der Waals surface area contributed by atoms with E-state index in [0.717, 1.165) is 32.4 Å². The highest BCUT2D eigenvalue weighted by atomic mass is 16.6. The number of unbranched alkanes of at least 4 members (excludes halogenated alkanes) is 2. The van der Waals surface area contributed by atoms with Crippen LogP contribution in [0.5, 0.6) is 0 Å². The molecule has 0 unspecified atom stereocenters. The average Bonchev–Trinajstić information content (AvgIpc) is 2.37. The number of nitrogens with one attached hydrogen (secondary N) is 1. The van der Waals surface area contributed by atoms with Crippen LogP contribution in [0.4, 0.5) is 4.79 Å². The van der Waals surface area contributed by atoms with Gasteiger partial charge in [-0.3, -0.25) is 4.79 Å². The Kier molecular flexibility index (Phi) is 9.97. The Labute approximate surface area is 147 Å². The molecule has 0 aromatic rings. The van der Waals surface area contributed by atoms with Crippen molar-refractivity contribution in [2.45, 2.75) is 78.4 Å². The highest BCUT2D eigenvalue weighted by molar-refractivity contribution is 5.69. The summed E-state index contributed by atoms with van der Waals surface area (Å²) < 4.78 is 10.5. The van der Waals surface area contributed by atoms with Crippen LogP contribution in [-0.4, -0.2) is 54.8 Å². The third-order valence-corrected chi connectivity index (χ3v) is 2.98. The molecule has 0 fully saturated rings. The fourth-order valence-corrected chi connectivity index (χ4v) is 1.89. The molecular formula is C18H36N2O4. The first-order valence-corrected chi connectivity index (χ1v) is 8.77. The van der Waals surface area contributed by atoms with Gasteiger partial charge < -0.3 is 19.7 Å². The lowest BCUT2D eigenvalue weighted by Crippen LogP contribution is -2.38. The van der Waals surface area contributed by atoms with Crippen LogP contribution in [0.15, 0.2) is 0 Å². The quantitative estimate of drug-likeness (QED) is 0.513. The van der Waals surface area contributed by atoms with Crippen LogP contribution in [-0.2, 0) is 14.3 Å². The Morgan fingerprint density at radius 1 is 0.875 bits per heavy atom. The van der Waals surface area contributed by atoms with Gasteiger partial charge in [-0.15, -0.1) is 0 Å². The van der Waals surface area contributed by atoms with E-state index in [1.54, 1.807) is 11.9 Å². The van der Waals surface area contributed by atoms with Crippen molar-refractivity contribution in [2.24, 2.45) is 0 Å². The third-order valence-electron chi connectivity index (χ3n) is 2.98. The highest BCUT2D eigenvalue weighted by Crippen LogP contribution is 2.10. The van der Waals surface area contributed by atoms with Crippen molar-refractivity contribution in [3.63, 3.8) is 0 Å². The molecular weight excluding hydrogens is 308 g/mol. The molecule has 0 aliphatic heterocycles. The van der Waals surface area contributed by atoms with Crippen molar-refractivity contribution in [1.82, 2.24) is 10.2 Å². The highest BCUT2D eigenvalue weighted by Gasteiger charge is 2.19. The minimum atomic E-state index is -0.465. The number of hydrogen-bond donors (Lipinski definition) is 1. The molecule has 0 heterocycles. The molecule has 0 aromatic heterocycles. The van der Waals surface area contributed by atoms with E-state index in [4.69, 9.17) is 9.47 Å². The summed E-state index contributed by atoms with van der Waals surface area (Å²) in [5.41, 5.74) is -0.869. The van der Waals surface area contributed by atoms with Gasteiger partial charge in [-0.1, -0.05) is 6.42 Å². The number of carbonyl (C=O) groups is 2. The molecule has 6 heteroatoms. The first-order chi connectivity index (χ1) is 10.9. The number of ether oxygens (including phenoxy) is 2. The predicted molar refractivity (Wildman–Crippen MR) is 96.0 cm³/mol. The molecule has 0 spiro atoms. The topological polar surface area (TPSA) is 67.9 Å². The molecule has 0 atom stereocenters. The Hall–Kier alpha value is -1.30. The SMILES string of the molecule is CN(CCNCCCCCC(=O)OC(C)(C)C)C(=O)OC(C)(C)C. The molecule has 142 valence electrons. The first-order valence-electron chi connectivity index (χ1n) is 8.77. The number of likely N-dealkylation sites (N-methyl/N-ethyl adjacent to an activating group) is 1. The van der Waals surface area contributed by atoms with Crippen LogP contribution in [0.25, 0.3) is 0 Å². The van der Waals surface area contributed by atoms with Gasteiger partial charge >= 0.3 is 12.1 Å². The summed E-state index contributed by atoms with van der Waals surface area (Å²) >= 11 is 0. The summed E-state index contributed by atoms with van der Waals surface area (Å²) in [4.78, 5) is 24.9. The van der Waals surface area contributed by atoms with Gasteiger partial charge in [-0.2, -0.15) is 0 Å². The van der Waals surface area contributed by atoms with Crippen LogP contribution >= 0.6 is 0 Å². The molecule has 1 N–H and O–H groups in total. The normalized spacial score (nSPS) is 12.0. The predicted octanol–water partition coefficient (Wildman–Crippen LogP) is 3.35. The van der Waals surface area contributed by atoms with Crippen LogP contribution in [0.1, 0.15) is 67.2 Å². The molecule has 0 saturated carbocycles. The first kappa shape index (κ1) is 22.7. The minimum absolute atomic E-state index is 0.130. The van der Waals surface area contributed by atoms with Crippen LogP contribution in [0.2, 0.25) is 0 Å². The maximum atomic E-state index is 11.8. The van der Waals surface area contributed by atoms with Crippen molar-refractivity contribution >= 4 is 12.1 Å². The van der Waals surface area contributed by atoms with E-state index in [1.165, 1.54) is 0 Å². The number of esters is 1. The van der Waals surface area contributed by atoms with Gasteiger partial charge in [-0.25, -0.2) is 4.79 Å². The van der Waals surface area contributed by atoms with E-state index in [0.29, 0.717) is 13.0 Å². The van der Waals surface area contributed by atoms with E-state index < -0.39 is 11.2 Å². The lowest BCUT2D eigenvalue weighted by Gasteiger charge is -2.24. The van der Waals surface area contributed by atoms with Crippen molar-refractivity contribution in [2.75, 3.05) is 26.7 Å². The van der Waals surface area contributed by atoms with E-state index in [-0.39, 0.29) is 12.1 Å². The number of rotatable bonds is 9. The third kappa shape index (κ3) is 14.3. The minimum Gasteiger partial charge on any atom is -0.460 e. The molecule has 0 saturated heterocycles. The van der Waals surface area contributed by atoms with Crippen molar-refractivity contribution in [3.05, 3.63) is 0 Å². The molecule has 24 heavy (non-hydrogen) atoms. The summed E-state index contributed by atoms with van der Waals surface area (Å²) in [6, 6.07) is 0. The van der Waals surface area contributed by atoms with E-state index in [1.807, 2.05) is 41.5 Å². The summed E-state index contributed by atoms with van der Waals surface area (Å²) in [7, 11) is 1.73. The van der Waals surface area contributed by atoms with Crippen molar-refractivity contribution < 1.29 is 19.1 Å². The molecule has 0 aliphatic rings. The van der Waals surface area contributed by atoms with Crippen LogP contribution < -0.4 is 5.32 Å². The van der Waals surface area contributed by atoms with Crippen molar-refractivity contribution in [1.29, 1.82) is 0 Å². The molecule has 0 aromatic carbocycles. The fraction of sp³-hybridized carbons (Fsp3) is 0.889. The van der Waals surface area contributed by atoms with Gasteiger partial charge in [0.25, 0.3) is 0 Å². The largest absolute Gasteiger partial charge is 0.460 e. The summed E-state index contributed by atoms with van der Waals surface area (Å²) in [5, 5.41) is 3.29. The molecule has 6 nitrogen and oxygen atoms in total. The van der Waals surface area contributed by atoms with E-state index in [2.05, 4.69) is 5.32 Å². The molecule has 1 amide bonds. The Bertz CT molecular complexity index is 383. The lowest BCUT2D eigenvalue weighted by molar-refractivity contribution is -0.154. The van der Waals surface area contributed by atoms with Gasteiger partial charge in [-0.05, 0) is 60.9 Å². The monoisotopic (exact) mass is 344 g/mol. The Morgan fingerprint density at radius 2 is 1.46 bits per heavy atom. The molecule has 0 aliphatic carbocycles.